The van der Waals surface area contributed by atoms with Gasteiger partial charge in [-0.25, -0.2) is 9.97 Å². The third kappa shape index (κ3) is 3.35. The Hall–Kier alpha value is -3.20. The largest absolute Gasteiger partial charge is 0.368 e. The van der Waals surface area contributed by atoms with Gasteiger partial charge in [0.05, 0.1) is 17.9 Å². The van der Waals surface area contributed by atoms with Crippen LogP contribution in [-0.2, 0) is 0 Å². The average molecular weight is 406 g/mol. The van der Waals surface area contributed by atoms with Gasteiger partial charge in [0.15, 0.2) is 0 Å². The van der Waals surface area contributed by atoms with Crippen LogP contribution in [0.25, 0.3) is 11.0 Å². The molecule has 5 rings (SSSR count). The zero-order valence-corrected chi connectivity index (χ0v) is 17.2. The Balaban J connectivity index is 1.43. The molecular formula is C21H26N8O. The lowest BCUT2D eigenvalue weighted by Crippen LogP contribution is -2.43. The lowest BCUT2D eigenvalue weighted by Gasteiger charge is -2.29. The Bertz CT molecular complexity index is 1070. The first kappa shape index (κ1) is 18.8. The quantitative estimate of drug-likeness (QED) is 0.609. The lowest BCUT2D eigenvalue weighted by atomic mass is 10.0. The van der Waals surface area contributed by atoms with Crippen LogP contribution in [0.15, 0.2) is 30.6 Å². The van der Waals surface area contributed by atoms with Crippen molar-refractivity contribution >= 4 is 34.4 Å². The number of rotatable bonds is 4. The van der Waals surface area contributed by atoms with Crippen LogP contribution in [0, 0.1) is 5.92 Å². The third-order valence-electron chi connectivity index (χ3n) is 5.85. The van der Waals surface area contributed by atoms with Crippen LogP contribution < -0.4 is 20.9 Å². The SMILES string of the molecule is CC(C)C1CNC(=O)c2cc3cnc(Nc4ccc(N5CCNCC5)cn4)nc3n21. The summed E-state index contributed by atoms with van der Waals surface area (Å²) in [4.78, 5) is 28.4. The summed E-state index contributed by atoms with van der Waals surface area (Å²) in [5.41, 5.74) is 2.53. The number of nitrogens with one attached hydrogen (secondary N) is 3. The summed E-state index contributed by atoms with van der Waals surface area (Å²) in [5, 5.41) is 10.4. The van der Waals surface area contributed by atoms with Crippen molar-refractivity contribution < 1.29 is 4.79 Å². The van der Waals surface area contributed by atoms with E-state index >= 15 is 0 Å². The molecule has 0 radical (unpaired) electrons. The molecule has 5 heterocycles. The number of fused-ring (bicyclic) bond motifs is 3. The Kier molecular flexibility index (Phi) is 4.74. The molecule has 2 aliphatic rings. The van der Waals surface area contributed by atoms with E-state index in [1.165, 1.54) is 0 Å². The number of hydrogen-bond acceptors (Lipinski definition) is 7. The normalized spacial score (nSPS) is 19.1. The highest BCUT2D eigenvalue weighted by Crippen LogP contribution is 2.30. The van der Waals surface area contributed by atoms with Crippen molar-refractivity contribution in [3.8, 4) is 0 Å². The number of nitrogens with zero attached hydrogens (tertiary/aromatic N) is 5. The van der Waals surface area contributed by atoms with Crippen LogP contribution in [0.1, 0.15) is 30.4 Å². The first-order chi connectivity index (χ1) is 14.6. The maximum absolute atomic E-state index is 12.3. The number of amides is 1. The molecule has 0 spiro atoms. The molecule has 0 bridgehead atoms. The summed E-state index contributed by atoms with van der Waals surface area (Å²) >= 11 is 0. The number of pyridine rings is 1. The zero-order chi connectivity index (χ0) is 20.7. The number of hydrogen-bond donors (Lipinski definition) is 3. The molecule has 0 aromatic carbocycles. The van der Waals surface area contributed by atoms with E-state index in [1.54, 1.807) is 6.20 Å². The van der Waals surface area contributed by atoms with Crippen molar-refractivity contribution in [2.75, 3.05) is 42.9 Å². The number of aromatic nitrogens is 4. The molecule has 3 aromatic rings. The molecule has 0 aliphatic carbocycles. The van der Waals surface area contributed by atoms with Crippen LogP contribution in [0.3, 0.4) is 0 Å². The molecule has 30 heavy (non-hydrogen) atoms. The molecule has 1 fully saturated rings. The number of carbonyl (C=O) groups excluding carboxylic acids is 1. The molecule has 1 atom stereocenters. The number of anilines is 3. The second-order valence-corrected chi connectivity index (χ2v) is 8.16. The first-order valence-corrected chi connectivity index (χ1v) is 10.4. The van der Waals surface area contributed by atoms with Gasteiger partial charge in [-0.15, -0.1) is 0 Å². The van der Waals surface area contributed by atoms with Gasteiger partial charge in [-0.3, -0.25) is 4.79 Å². The van der Waals surface area contributed by atoms with Crippen molar-refractivity contribution in [2.45, 2.75) is 19.9 Å². The average Bonchev–Trinajstić information content (AvgIpc) is 3.15. The van der Waals surface area contributed by atoms with Gasteiger partial charge < -0.3 is 25.4 Å². The molecule has 9 nitrogen and oxygen atoms in total. The fraction of sp³-hybridized carbons (Fsp3) is 0.429. The first-order valence-electron chi connectivity index (χ1n) is 10.4. The Morgan fingerprint density at radius 1 is 1.17 bits per heavy atom. The van der Waals surface area contributed by atoms with Gasteiger partial charge in [0, 0.05) is 44.3 Å². The van der Waals surface area contributed by atoms with Crippen molar-refractivity contribution in [1.82, 2.24) is 30.2 Å². The van der Waals surface area contributed by atoms with E-state index in [1.807, 2.05) is 22.9 Å². The summed E-state index contributed by atoms with van der Waals surface area (Å²) in [6.45, 7) is 8.87. The van der Waals surface area contributed by atoms with E-state index in [0.717, 1.165) is 42.9 Å². The van der Waals surface area contributed by atoms with E-state index in [9.17, 15) is 4.79 Å². The highest BCUT2D eigenvalue weighted by molar-refractivity contribution is 5.98. The number of piperazine rings is 1. The minimum absolute atomic E-state index is 0.0652. The smallest absolute Gasteiger partial charge is 0.268 e. The van der Waals surface area contributed by atoms with Crippen molar-refractivity contribution in [1.29, 1.82) is 0 Å². The minimum Gasteiger partial charge on any atom is -0.368 e. The number of carbonyl (C=O) groups is 1. The molecule has 9 heteroatoms. The van der Waals surface area contributed by atoms with E-state index in [4.69, 9.17) is 4.98 Å². The molecule has 1 unspecified atom stereocenters. The van der Waals surface area contributed by atoms with Gasteiger partial charge in [-0.1, -0.05) is 13.8 Å². The van der Waals surface area contributed by atoms with Gasteiger partial charge >= 0.3 is 0 Å². The predicted molar refractivity (Wildman–Crippen MR) is 116 cm³/mol. The summed E-state index contributed by atoms with van der Waals surface area (Å²) in [5.74, 6) is 1.46. The topological polar surface area (TPSA) is 100 Å². The summed E-state index contributed by atoms with van der Waals surface area (Å²) in [6, 6.07) is 6.04. The molecule has 1 saturated heterocycles. The minimum atomic E-state index is -0.0652. The maximum atomic E-state index is 12.3. The van der Waals surface area contributed by atoms with Gasteiger partial charge in [-0.2, -0.15) is 4.98 Å². The molecule has 1 amide bonds. The molecule has 2 aliphatic heterocycles. The van der Waals surface area contributed by atoms with Crippen molar-refractivity contribution in [3.63, 3.8) is 0 Å². The summed E-state index contributed by atoms with van der Waals surface area (Å²) in [7, 11) is 0. The predicted octanol–water partition coefficient (Wildman–Crippen LogP) is 1.92. The van der Waals surface area contributed by atoms with Crippen LogP contribution >= 0.6 is 0 Å². The lowest BCUT2D eigenvalue weighted by molar-refractivity contribution is 0.0907. The third-order valence-corrected chi connectivity index (χ3v) is 5.85. The zero-order valence-electron chi connectivity index (χ0n) is 17.2. The van der Waals surface area contributed by atoms with Crippen LogP contribution in [0.2, 0.25) is 0 Å². The maximum Gasteiger partial charge on any atom is 0.268 e. The van der Waals surface area contributed by atoms with Crippen LogP contribution in [-0.4, -0.2) is 58.1 Å². The Morgan fingerprint density at radius 3 is 2.73 bits per heavy atom. The van der Waals surface area contributed by atoms with Crippen LogP contribution in [0.5, 0.6) is 0 Å². The molecular weight excluding hydrogens is 380 g/mol. The summed E-state index contributed by atoms with van der Waals surface area (Å²) < 4.78 is 2.05. The van der Waals surface area contributed by atoms with E-state index in [0.29, 0.717) is 29.9 Å². The highest BCUT2D eigenvalue weighted by atomic mass is 16.2. The van der Waals surface area contributed by atoms with Crippen LogP contribution in [0.4, 0.5) is 17.5 Å². The monoisotopic (exact) mass is 406 g/mol. The van der Waals surface area contributed by atoms with Crippen molar-refractivity contribution in [3.05, 3.63) is 36.3 Å². The standard InChI is InChI=1S/C21H26N8O/c1-13(2)17-12-24-20(30)16-9-14-10-25-21(27-19(14)29(16)17)26-18-4-3-15(11-23-18)28-7-5-22-6-8-28/h3-4,9-11,13,17,22H,5-8,12H2,1-2H3,(H,24,30)(H,23,25,26,27). The van der Waals surface area contributed by atoms with Gasteiger partial charge in [0.1, 0.15) is 17.2 Å². The van der Waals surface area contributed by atoms with E-state index < -0.39 is 0 Å². The second kappa shape index (κ2) is 7.56. The Morgan fingerprint density at radius 2 is 2.00 bits per heavy atom. The van der Waals surface area contributed by atoms with Crippen molar-refractivity contribution in [2.24, 2.45) is 5.92 Å². The summed E-state index contributed by atoms with van der Waals surface area (Å²) in [6.07, 6.45) is 3.64. The fourth-order valence-electron chi connectivity index (χ4n) is 4.18. The molecule has 3 aromatic heterocycles. The van der Waals surface area contributed by atoms with Gasteiger partial charge in [-0.05, 0) is 24.1 Å². The molecule has 3 N–H and O–H groups in total. The van der Waals surface area contributed by atoms with E-state index in [-0.39, 0.29) is 11.9 Å². The van der Waals surface area contributed by atoms with E-state index in [2.05, 4.69) is 50.7 Å². The highest BCUT2D eigenvalue weighted by Gasteiger charge is 2.29. The molecule has 0 saturated carbocycles. The fourth-order valence-corrected chi connectivity index (χ4v) is 4.18. The van der Waals surface area contributed by atoms with Gasteiger partial charge in [0.2, 0.25) is 5.95 Å². The second-order valence-electron chi connectivity index (χ2n) is 8.16. The molecule has 156 valence electrons. The Labute approximate surface area is 174 Å². The van der Waals surface area contributed by atoms with Gasteiger partial charge in [0.25, 0.3) is 5.91 Å².